The zero-order valence-electron chi connectivity index (χ0n) is 12.1. The Morgan fingerprint density at radius 1 is 1.21 bits per heavy atom. The number of carbonyl (C=O) groups excluding carboxylic acids is 1. The highest BCUT2D eigenvalue weighted by Gasteiger charge is 2.62. The van der Waals surface area contributed by atoms with Crippen molar-refractivity contribution in [2.24, 2.45) is 0 Å². The van der Waals surface area contributed by atoms with Gasteiger partial charge in [-0.3, -0.25) is 4.79 Å². The number of aliphatic hydroxyl groups excluding tert-OH is 1. The average molecular weight is 359 g/mol. The van der Waals surface area contributed by atoms with Crippen LogP contribution in [0.4, 0.5) is 30.7 Å². The Kier molecular flexibility index (Phi) is 4.55. The van der Waals surface area contributed by atoms with Gasteiger partial charge in [-0.25, -0.2) is 9.29 Å². The Hall–Kier alpha value is -1.84. The highest BCUT2D eigenvalue weighted by molar-refractivity contribution is 5.77. The molecule has 3 nitrogen and oxygen atoms in total. The normalized spacial score (nSPS) is 24.0. The summed E-state index contributed by atoms with van der Waals surface area (Å²) in [5, 5.41) is 9.69. The summed E-state index contributed by atoms with van der Waals surface area (Å²) >= 11 is 0. The summed E-state index contributed by atoms with van der Waals surface area (Å²) in [7, 11) is 0. The molecule has 0 spiro atoms. The van der Waals surface area contributed by atoms with E-state index < -0.39 is 64.7 Å². The third kappa shape index (κ3) is 3.33. The van der Waals surface area contributed by atoms with Crippen molar-refractivity contribution in [2.75, 3.05) is 0 Å². The molecular formula is C14H12F7NO2. The van der Waals surface area contributed by atoms with Crippen molar-refractivity contribution in [2.45, 2.75) is 43.9 Å². The smallest absolute Gasteiger partial charge is 0.390 e. The summed E-state index contributed by atoms with van der Waals surface area (Å²) in [6, 6.07) is -0.578. The second-order valence-corrected chi connectivity index (χ2v) is 5.33. The number of carbonyl (C=O) groups is 1. The summed E-state index contributed by atoms with van der Waals surface area (Å²) in [6.45, 7) is 1.16. The number of hydrogen-bond acceptors (Lipinski definition) is 2. The number of aliphatic hydroxyl groups is 1. The van der Waals surface area contributed by atoms with Crippen LogP contribution in [-0.4, -0.2) is 34.4 Å². The maximum Gasteiger partial charge on any atom is 0.487 e. The largest absolute Gasteiger partial charge is 0.487 e. The lowest BCUT2D eigenvalue weighted by Gasteiger charge is -2.25. The summed E-state index contributed by atoms with van der Waals surface area (Å²) in [4.78, 5) is 10.9. The second kappa shape index (κ2) is 5.91. The first kappa shape index (κ1) is 18.5. The molecule has 2 rings (SSSR count). The van der Waals surface area contributed by atoms with E-state index in [1.165, 1.54) is 0 Å². The molecule has 0 radical (unpaired) electrons. The lowest BCUT2D eigenvalue weighted by molar-refractivity contribution is -0.245. The van der Waals surface area contributed by atoms with Gasteiger partial charge in [0.1, 0.15) is 5.82 Å². The van der Waals surface area contributed by atoms with Gasteiger partial charge >= 0.3 is 12.5 Å². The number of hydrogen-bond donors (Lipinski definition) is 1. The highest BCUT2D eigenvalue weighted by Crippen LogP contribution is 2.50. The Labute approximate surface area is 131 Å². The van der Waals surface area contributed by atoms with Crippen LogP contribution in [0.25, 0.3) is 0 Å². The number of benzene rings is 1. The molecule has 1 aromatic rings. The fourth-order valence-electron chi connectivity index (χ4n) is 2.58. The van der Waals surface area contributed by atoms with Gasteiger partial charge in [0.25, 0.3) is 0 Å². The van der Waals surface area contributed by atoms with Crippen LogP contribution < -0.4 is 0 Å². The maximum atomic E-state index is 13.8. The molecule has 134 valence electrons. The topological polar surface area (TPSA) is 40.5 Å². The Morgan fingerprint density at radius 2 is 1.79 bits per heavy atom. The minimum atomic E-state index is -5.13. The van der Waals surface area contributed by atoms with Crippen molar-refractivity contribution in [3.63, 3.8) is 0 Å². The standard InChI is InChI=1S/C14H12F7NO2/c1-2-9(23)22(14(19,20)21)11-10(12(11)24)7-5-6(13(16,17)18)3-4-8(7)15/h3-5,10-12,24H,2H2,1H3. The van der Waals surface area contributed by atoms with E-state index in [0.29, 0.717) is 18.2 Å². The lowest BCUT2D eigenvalue weighted by atomic mass is 10.1. The van der Waals surface area contributed by atoms with Gasteiger partial charge in [-0.1, -0.05) is 6.92 Å². The van der Waals surface area contributed by atoms with E-state index in [0.717, 1.165) is 6.92 Å². The molecule has 0 aromatic heterocycles. The van der Waals surface area contributed by atoms with E-state index in [2.05, 4.69) is 0 Å². The molecule has 24 heavy (non-hydrogen) atoms. The zero-order valence-corrected chi connectivity index (χ0v) is 12.1. The molecule has 0 bridgehead atoms. The molecule has 1 fully saturated rings. The third-order valence-corrected chi connectivity index (χ3v) is 3.77. The Bertz CT molecular complexity index is 641. The summed E-state index contributed by atoms with van der Waals surface area (Å²) in [5.74, 6) is -4.12. The van der Waals surface area contributed by atoms with Crippen LogP contribution in [0.2, 0.25) is 0 Å². The van der Waals surface area contributed by atoms with Gasteiger partial charge in [-0.15, -0.1) is 13.2 Å². The van der Waals surface area contributed by atoms with Crippen molar-refractivity contribution in [3.05, 3.63) is 35.1 Å². The number of rotatable bonds is 3. The van der Waals surface area contributed by atoms with Gasteiger partial charge in [0.2, 0.25) is 5.91 Å². The van der Waals surface area contributed by atoms with E-state index in [9.17, 15) is 40.6 Å². The zero-order chi connectivity index (χ0) is 18.4. The molecule has 1 aliphatic carbocycles. The van der Waals surface area contributed by atoms with Crippen LogP contribution >= 0.6 is 0 Å². The molecule has 1 aliphatic rings. The molecule has 1 amide bonds. The number of alkyl halides is 6. The van der Waals surface area contributed by atoms with Gasteiger partial charge < -0.3 is 5.11 Å². The fraction of sp³-hybridized carbons (Fsp3) is 0.500. The quantitative estimate of drug-likeness (QED) is 0.664. The number of nitrogens with zero attached hydrogens (tertiary/aromatic N) is 1. The maximum absolute atomic E-state index is 13.8. The lowest BCUT2D eigenvalue weighted by Crippen LogP contribution is -2.45. The SMILES string of the molecule is CCC(=O)N(C1C(O)C1c1cc(C(F)(F)F)ccc1F)C(F)(F)F. The Balaban J connectivity index is 2.40. The fourth-order valence-corrected chi connectivity index (χ4v) is 2.58. The first-order valence-corrected chi connectivity index (χ1v) is 6.83. The molecule has 0 heterocycles. The minimum Gasteiger partial charge on any atom is -0.390 e. The summed E-state index contributed by atoms with van der Waals surface area (Å²) in [5.41, 5.74) is -1.96. The molecule has 3 unspecified atom stereocenters. The summed E-state index contributed by atoms with van der Waals surface area (Å²) in [6.07, 6.45) is -12.3. The van der Waals surface area contributed by atoms with Gasteiger partial charge in [-0.2, -0.15) is 13.2 Å². The van der Waals surface area contributed by atoms with Crippen molar-refractivity contribution < 1.29 is 40.6 Å². The van der Waals surface area contributed by atoms with E-state index >= 15 is 0 Å². The van der Waals surface area contributed by atoms with Crippen LogP contribution in [-0.2, 0) is 11.0 Å². The van der Waals surface area contributed by atoms with Crippen molar-refractivity contribution in [1.29, 1.82) is 0 Å². The highest BCUT2D eigenvalue weighted by atomic mass is 19.4. The van der Waals surface area contributed by atoms with Crippen LogP contribution in [0.3, 0.4) is 0 Å². The summed E-state index contributed by atoms with van der Waals surface area (Å²) < 4.78 is 90.8. The van der Waals surface area contributed by atoms with Gasteiger partial charge in [-0.05, 0) is 23.8 Å². The molecule has 10 heteroatoms. The van der Waals surface area contributed by atoms with Gasteiger partial charge in [0, 0.05) is 12.3 Å². The first-order chi connectivity index (χ1) is 10.9. The van der Waals surface area contributed by atoms with Crippen LogP contribution in [0.15, 0.2) is 18.2 Å². The van der Waals surface area contributed by atoms with Gasteiger partial charge in [0.15, 0.2) is 0 Å². The monoisotopic (exact) mass is 359 g/mol. The van der Waals surface area contributed by atoms with Crippen molar-refractivity contribution in [1.82, 2.24) is 4.90 Å². The van der Waals surface area contributed by atoms with E-state index in [4.69, 9.17) is 0 Å². The first-order valence-electron chi connectivity index (χ1n) is 6.83. The number of halogens is 7. The predicted molar refractivity (Wildman–Crippen MR) is 67.1 cm³/mol. The van der Waals surface area contributed by atoms with E-state index in [1.54, 1.807) is 0 Å². The second-order valence-electron chi connectivity index (χ2n) is 5.33. The van der Waals surface area contributed by atoms with Crippen LogP contribution in [0.1, 0.15) is 30.4 Å². The molecule has 3 atom stereocenters. The molecular weight excluding hydrogens is 347 g/mol. The Morgan fingerprint density at radius 3 is 2.25 bits per heavy atom. The molecule has 1 N–H and O–H groups in total. The average Bonchev–Trinajstić information content (AvgIpc) is 3.07. The molecule has 1 aromatic carbocycles. The van der Waals surface area contributed by atoms with Crippen molar-refractivity contribution >= 4 is 5.91 Å². The molecule has 0 aliphatic heterocycles. The third-order valence-electron chi connectivity index (χ3n) is 3.77. The molecule has 1 saturated carbocycles. The van der Waals surface area contributed by atoms with Gasteiger partial charge in [0.05, 0.1) is 17.7 Å². The van der Waals surface area contributed by atoms with E-state index in [1.807, 2.05) is 0 Å². The number of amides is 1. The minimum absolute atomic E-state index is 0.355. The molecule has 0 saturated heterocycles. The van der Waals surface area contributed by atoms with Crippen LogP contribution in [0.5, 0.6) is 0 Å². The van der Waals surface area contributed by atoms with Crippen LogP contribution in [0, 0.1) is 5.82 Å². The predicted octanol–water partition coefficient (Wildman–Crippen LogP) is 3.43. The van der Waals surface area contributed by atoms with Crippen molar-refractivity contribution in [3.8, 4) is 0 Å². The van der Waals surface area contributed by atoms with E-state index in [-0.39, 0.29) is 0 Å².